The van der Waals surface area contributed by atoms with Crippen LogP contribution in [0.3, 0.4) is 0 Å². The van der Waals surface area contributed by atoms with Crippen LogP contribution in [-0.4, -0.2) is 58.9 Å². The number of aromatic nitrogens is 5. The number of aryl methyl sites for hydroxylation is 2. The number of fused-ring (bicyclic) bond motifs is 4. The van der Waals surface area contributed by atoms with Gasteiger partial charge >= 0.3 is 0 Å². The first kappa shape index (κ1) is 34.6. The van der Waals surface area contributed by atoms with Crippen LogP contribution in [0, 0.1) is 31.5 Å². The number of piperidine rings is 1. The largest absolute Gasteiger partial charge is 0.322 e. The average Bonchev–Trinajstić information content (AvgIpc) is 3.88. The number of rotatable bonds is 8. The maximum Gasteiger partial charge on any atom is 0.255 e. The Morgan fingerprint density at radius 2 is 1.87 bits per heavy atom. The lowest BCUT2D eigenvalue weighted by Gasteiger charge is -2.29. The van der Waals surface area contributed by atoms with Crippen molar-refractivity contribution in [2.75, 3.05) is 0 Å². The van der Waals surface area contributed by atoms with Gasteiger partial charge in [0.1, 0.15) is 29.2 Å². The molecule has 5 aromatic rings. The smallest absolute Gasteiger partial charge is 0.255 e. The molecule has 268 valence electrons. The molecular formula is C39H34ClFN8O3S. The fourth-order valence-electron chi connectivity index (χ4n) is 7.27. The molecule has 14 heteroatoms. The molecule has 1 saturated heterocycles. The second-order valence-electron chi connectivity index (χ2n) is 13.4. The molecular weight excluding hydrogens is 715 g/mol. The van der Waals surface area contributed by atoms with Crippen LogP contribution in [0.4, 0.5) is 4.39 Å². The monoisotopic (exact) mass is 748 g/mol. The number of nitrogens with zero attached hydrogens (tertiary/aromatic N) is 7. The number of carbonyl (C=O) groups is 3. The number of carbonyl (C=O) groups excluding carboxylic acids is 3. The number of imide groups is 1. The number of benzene rings is 2. The number of amides is 3. The van der Waals surface area contributed by atoms with Gasteiger partial charge in [-0.05, 0) is 80.5 Å². The fourth-order valence-corrected chi connectivity index (χ4v) is 8.63. The Hall–Kier alpha value is -5.45. The number of nitrogens with one attached hydrogen (secondary N) is 1. The van der Waals surface area contributed by atoms with Crippen molar-refractivity contribution in [2.45, 2.75) is 78.0 Å². The molecule has 0 bridgehead atoms. The molecule has 53 heavy (non-hydrogen) atoms. The third-order valence-corrected chi connectivity index (χ3v) is 11.4. The molecule has 11 nitrogen and oxygen atoms in total. The lowest BCUT2D eigenvalue weighted by molar-refractivity contribution is -0.136. The topological polar surface area (TPSA) is 127 Å². The maximum absolute atomic E-state index is 15.0. The van der Waals surface area contributed by atoms with Crippen LogP contribution in [0.15, 0.2) is 53.8 Å². The highest BCUT2D eigenvalue weighted by Gasteiger charge is 2.40. The van der Waals surface area contributed by atoms with Gasteiger partial charge in [-0.1, -0.05) is 42.0 Å². The summed E-state index contributed by atoms with van der Waals surface area (Å²) in [6, 6.07) is 9.80. The molecule has 0 spiro atoms. The number of unbranched alkanes of at least 4 members (excludes halogenated alkanes) is 2. The van der Waals surface area contributed by atoms with Gasteiger partial charge in [0, 0.05) is 47.4 Å². The normalized spacial score (nSPS) is 16.4. The van der Waals surface area contributed by atoms with Gasteiger partial charge in [-0.2, -0.15) is 5.10 Å². The van der Waals surface area contributed by atoms with Crippen molar-refractivity contribution >= 4 is 46.4 Å². The van der Waals surface area contributed by atoms with Crippen LogP contribution in [0.1, 0.15) is 92.4 Å². The van der Waals surface area contributed by atoms with Crippen LogP contribution in [-0.2, 0) is 35.6 Å². The highest BCUT2D eigenvalue weighted by molar-refractivity contribution is 7.15. The molecule has 0 aliphatic carbocycles. The first-order chi connectivity index (χ1) is 25.7. The summed E-state index contributed by atoms with van der Waals surface area (Å²) in [7, 11) is 0. The SMILES string of the molecule is Cc1c(C#Cc2cnn(CCCCCc3c(F)ccc4c3CN(C3CCC(=O)NC3=O)C4=O)c2)sc2c1C(c1ccc(Cl)cc1)=NCc1nnc(C)n1-2. The van der Waals surface area contributed by atoms with Crippen LogP contribution < -0.4 is 5.32 Å². The van der Waals surface area contributed by atoms with E-state index in [1.165, 1.54) is 17.0 Å². The molecule has 8 rings (SSSR count). The standard InChI is InChI=1S/C39H34ClFN8O3S/c1-22-32(53-39-35(22)36(25-8-10-26(40)11-9-25)42-19-33-46-45-23(2)49(33)39)15-7-24-18-43-47(20-24)17-5-3-4-6-27-29-21-48(31-14-16-34(50)44-37(31)51)38(52)28(29)12-13-30(27)41/h8-13,18,20,31H,3-6,14,16-17,19,21H2,1-2H3,(H,44,50,51). The maximum atomic E-state index is 15.0. The molecule has 3 aliphatic rings. The van der Waals surface area contributed by atoms with Crippen molar-refractivity contribution in [1.29, 1.82) is 0 Å². The van der Waals surface area contributed by atoms with Crippen molar-refractivity contribution in [3.63, 3.8) is 0 Å². The lowest BCUT2D eigenvalue weighted by Crippen LogP contribution is -2.52. The quantitative estimate of drug-likeness (QED) is 0.120. The van der Waals surface area contributed by atoms with Crippen molar-refractivity contribution in [3.8, 4) is 16.8 Å². The van der Waals surface area contributed by atoms with Gasteiger partial charge in [-0.15, -0.1) is 21.5 Å². The molecule has 1 fully saturated rings. The number of thiophene rings is 1. The molecule has 3 aromatic heterocycles. The van der Waals surface area contributed by atoms with Gasteiger partial charge in [0.05, 0.1) is 22.3 Å². The van der Waals surface area contributed by atoms with Gasteiger partial charge in [0.15, 0.2) is 5.82 Å². The molecule has 3 amide bonds. The van der Waals surface area contributed by atoms with Crippen molar-refractivity contribution in [2.24, 2.45) is 4.99 Å². The Labute approximate surface area is 313 Å². The third-order valence-electron chi connectivity index (χ3n) is 10.0. The summed E-state index contributed by atoms with van der Waals surface area (Å²) < 4.78 is 19.0. The molecule has 0 radical (unpaired) electrons. The van der Waals surface area contributed by atoms with Gasteiger partial charge < -0.3 is 4.90 Å². The lowest BCUT2D eigenvalue weighted by atomic mass is 9.97. The predicted molar refractivity (Wildman–Crippen MR) is 198 cm³/mol. The van der Waals surface area contributed by atoms with E-state index in [1.54, 1.807) is 17.5 Å². The fraction of sp³-hybridized carbons (Fsp3) is 0.308. The van der Waals surface area contributed by atoms with Gasteiger partial charge in [-0.3, -0.25) is 33.9 Å². The van der Waals surface area contributed by atoms with E-state index < -0.39 is 11.9 Å². The number of aliphatic imine (C=N–C) groups is 1. The van der Waals surface area contributed by atoms with E-state index in [1.807, 2.05) is 42.1 Å². The average molecular weight is 749 g/mol. The highest BCUT2D eigenvalue weighted by atomic mass is 35.5. The second kappa shape index (κ2) is 14.2. The number of halogens is 2. The van der Waals surface area contributed by atoms with Crippen molar-refractivity contribution in [3.05, 3.63) is 115 Å². The molecule has 6 heterocycles. The first-order valence-electron chi connectivity index (χ1n) is 17.5. The van der Waals surface area contributed by atoms with Crippen LogP contribution in [0.5, 0.6) is 0 Å². The number of hydrogen-bond acceptors (Lipinski definition) is 8. The summed E-state index contributed by atoms with van der Waals surface area (Å²) in [5, 5.41) is 17.2. The van der Waals surface area contributed by atoms with E-state index in [-0.39, 0.29) is 37.0 Å². The minimum Gasteiger partial charge on any atom is -0.322 e. The van der Waals surface area contributed by atoms with E-state index in [9.17, 15) is 14.4 Å². The van der Waals surface area contributed by atoms with Crippen LogP contribution >= 0.6 is 22.9 Å². The van der Waals surface area contributed by atoms with Crippen molar-refractivity contribution < 1.29 is 18.8 Å². The Bertz CT molecular complexity index is 2400. The van der Waals surface area contributed by atoms with Gasteiger partial charge in [0.25, 0.3) is 5.91 Å². The zero-order chi connectivity index (χ0) is 36.8. The molecule has 1 N–H and O–H groups in total. The van der Waals surface area contributed by atoms with E-state index in [4.69, 9.17) is 16.6 Å². The van der Waals surface area contributed by atoms with Crippen molar-refractivity contribution in [1.82, 2.24) is 34.8 Å². The van der Waals surface area contributed by atoms with E-state index >= 15 is 4.39 Å². The number of hydrogen-bond donors (Lipinski definition) is 1. The Balaban J connectivity index is 0.916. The van der Waals surface area contributed by atoms with Crippen LogP contribution in [0.25, 0.3) is 5.00 Å². The summed E-state index contributed by atoms with van der Waals surface area (Å²) in [5.41, 5.74) is 6.28. The zero-order valence-corrected chi connectivity index (χ0v) is 30.7. The first-order valence-corrected chi connectivity index (χ1v) is 18.7. The predicted octanol–water partition coefficient (Wildman–Crippen LogP) is 5.86. The van der Waals surface area contributed by atoms with E-state index in [0.717, 1.165) is 68.8 Å². The van der Waals surface area contributed by atoms with Crippen LogP contribution in [0.2, 0.25) is 5.02 Å². The zero-order valence-electron chi connectivity index (χ0n) is 29.1. The molecule has 2 aromatic carbocycles. The Kier molecular flexibility index (Phi) is 9.26. The Morgan fingerprint density at radius 3 is 2.68 bits per heavy atom. The van der Waals surface area contributed by atoms with E-state index in [2.05, 4.69) is 43.9 Å². The summed E-state index contributed by atoms with van der Waals surface area (Å²) in [6.07, 6.45) is 7.00. The second-order valence-corrected chi connectivity index (χ2v) is 14.8. The molecule has 0 saturated carbocycles. The highest BCUT2D eigenvalue weighted by Crippen LogP contribution is 2.37. The van der Waals surface area contributed by atoms with Gasteiger partial charge in [-0.25, -0.2) is 4.39 Å². The van der Waals surface area contributed by atoms with E-state index in [0.29, 0.717) is 41.2 Å². The summed E-state index contributed by atoms with van der Waals surface area (Å²) in [5.74, 6) is 6.78. The molecule has 1 atom stereocenters. The minimum atomic E-state index is -0.730. The summed E-state index contributed by atoms with van der Waals surface area (Å²) >= 11 is 7.79. The Morgan fingerprint density at radius 1 is 1.04 bits per heavy atom. The minimum absolute atomic E-state index is 0.163. The summed E-state index contributed by atoms with van der Waals surface area (Å²) in [4.78, 5) is 44.6. The molecule has 1 unspecified atom stereocenters. The third kappa shape index (κ3) is 6.57. The van der Waals surface area contributed by atoms with Gasteiger partial charge in [0.2, 0.25) is 11.8 Å². The summed E-state index contributed by atoms with van der Waals surface area (Å²) in [6.45, 7) is 5.27. The molecule has 3 aliphatic heterocycles.